The number of rotatable bonds is 5. The molecule has 0 fully saturated rings. The predicted octanol–water partition coefficient (Wildman–Crippen LogP) is 5.71. The number of thioether (sulfide) groups is 1. The van der Waals surface area contributed by atoms with Gasteiger partial charge in [0.2, 0.25) is 11.8 Å². The molecule has 4 aromatic rings. The molecule has 0 unspecified atom stereocenters. The summed E-state index contributed by atoms with van der Waals surface area (Å²) in [5.41, 5.74) is 1.71. The van der Waals surface area contributed by atoms with Crippen molar-refractivity contribution in [1.29, 1.82) is 0 Å². The summed E-state index contributed by atoms with van der Waals surface area (Å²) in [6.45, 7) is 1.91. The lowest BCUT2D eigenvalue weighted by Crippen LogP contribution is -1.84. The molecule has 0 atom stereocenters. The lowest BCUT2D eigenvalue weighted by molar-refractivity contribution is 0.465. The lowest BCUT2D eigenvalue weighted by atomic mass is 10.2. The number of nitrogens with zero attached hydrogens (tertiary/aromatic N) is 3. The Morgan fingerprint density at radius 3 is 2.68 bits per heavy atom. The summed E-state index contributed by atoms with van der Waals surface area (Å²) in [5, 5.41) is 11.3. The fraction of sp³-hybridized carbons (Fsp3) is 0.118. The second kappa shape index (κ2) is 7.03. The van der Waals surface area contributed by atoms with Crippen LogP contribution in [0.4, 0.5) is 0 Å². The van der Waals surface area contributed by atoms with E-state index in [0.717, 1.165) is 21.9 Å². The molecule has 25 heavy (non-hydrogen) atoms. The van der Waals surface area contributed by atoms with Crippen LogP contribution in [-0.2, 0) is 5.75 Å². The highest BCUT2D eigenvalue weighted by molar-refractivity contribution is 7.98. The van der Waals surface area contributed by atoms with Crippen molar-refractivity contribution in [2.45, 2.75) is 17.9 Å². The zero-order chi connectivity index (χ0) is 17.2. The van der Waals surface area contributed by atoms with Gasteiger partial charge in [0.15, 0.2) is 0 Å². The van der Waals surface area contributed by atoms with Gasteiger partial charge in [0, 0.05) is 16.3 Å². The third-order valence-electron chi connectivity index (χ3n) is 3.45. The van der Waals surface area contributed by atoms with Crippen molar-refractivity contribution in [3.63, 3.8) is 0 Å². The zero-order valence-corrected chi connectivity index (χ0v) is 15.5. The third-order valence-corrected chi connectivity index (χ3v) is 5.39. The van der Waals surface area contributed by atoms with Crippen LogP contribution in [0.5, 0.6) is 0 Å². The number of hydrogen-bond acceptors (Lipinski definition) is 7. The van der Waals surface area contributed by atoms with E-state index >= 15 is 0 Å². The Balaban J connectivity index is 1.46. The van der Waals surface area contributed by atoms with Gasteiger partial charge < -0.3 is 8.83 Å². The summed E-state index contributed by atoms with van der Waals surface area (Å²) in [5.74, 6) is 2.52. The minimum Gasteiger partial charge on any atom is -0.440 e. The first-order chi connectivity index (χ1) is 12.2. The first kappa shape index (κ1) is 16.4. The van der Waals surface area contributed by atoms with Gasteiger partial charge in [-0.3, -0.25) is 0 Å². The summed E-state index contributed by atoms with van der Waals surface area (Å²) in [7, 11) is 0. The second-order valence-corrected chi connectivity index (χ2v) is 7.48. The standard InChI is InChI=1S/C17H12ClN3O2S2/c1-10-13(19-16(22-10)14-3-2-8-24-14)9-25-17-21-20-15(23-17)11-4-6-12(18)7-5-11/h2-8H,9H2,1H3. The molecule has 0 radical (unpaired) electrons. The lowest BCUT2D eigenvalue weighted by Gasteiger charge is -1.95. The Bertz CT molecular complexity index is 978. The smallest absolute Gasteiger partial charge is 0.277 e. The highest BCUT2D eigenvalue weighted by atomic mass is 35.5. The molecule has 0 aliphatic carbocycles. The number of aryl methyl sites for hydroxylation is 1. The van der Waals surface area contributed by atoms with Crippen LogP contribution >= 0.6 is 34.7 Å². The summed E-state index contributed by atoms with van der Waals surface area (Å²) >= 11 is 8.92. The van der Waals surface area contributed by atoms with Gasteiger partial charge in [-0.05, 0) is 42.6 Å². The largest absolute Gasteiger partial charge is 0.440 e. The molecule has 8 heteroatoms. The third kappa shape index (κ3) is 3.63. The molecular weight excluding hydrogens is 378 g/mol. The van der Waals surface area contributed by atoms with Crippen molar-refractivity contribution < 1.29 is 8.83 Å². The summed E-state index contributed by atoms with van der Waals surface area (Å²) in [4.78, 5) is 5.58. The van der Waals surface area contributed by atoms with E-state index in [1.165, 1.54) is 11.8 Å². The van der Waals surface area contributed by atoms with Crippen LogP contribution in [0.15, 0.2) is 55.8 Å². The molecule has 0 saturated heterocycles. The fourth-order valence-corrected chi connectivity index (χ4v) is 3.71. The van der Waals surface area contributed by atoms with Gasteiger partial charge >= 0.3 is 0 Å². The first-order valence-electron chi connectivity index (χ1n) is 7.41. The number of hydrogen-bond donors (Lipinski definition) is 0. The fourth-order valence-electron chi connectivity index (χ4n) is 2.17. The highest BCUT2D eigenvalue weighted by Gasteiger charge is 2.15. The van der Waals surface area contributed by atoms with Gasteiger partial charge in [-0.1, -0.05) is 29.4 Å². The number of halogens is 1. The van der Waals surface area contributed by atoms with E-state index < -0.39 is 0 Å². The van der Waals surface area contributed by atoms with Gasteiger partial charge in [0.1, 0.15) is 5.76 Å². The minimum atomic E-state index is 0.468. The van der Waals surface area contributed by atoms with Crippen LogP contribution in [0.3, 0.4) is 0 Å². The molecular formula is C17H12ClN3O2S2. The van der Waals surface area contributed by atoms with E-state index in [1.807, 2.05) is 36.6 Å². The topological polar surface area (TPSA) is 65.0 Å². The van der Waals surface area contributed by atoms with Gasteiger partial charge in [-0.25, -0.2) is 4.98 Å². The Morgan fingerprint density at radius 2 is 1.92 bits per heavy atom. The molecule has 3 aromatic heterocycles. The zero-order valence-electron chi connectivity index (χ0n) is 13.1. The molecule has 0 saturated carbocycles. The normalized spacial score (nSPS) is 11.1. The van der Waals surface area contributed by atoms with Crippen LogP contribution < -0.4 is 0 Å². The molecule has 5 nitrogen and oxygen atoms in total. The monoisotopic (exact) mass is 389 g/mol. The van der Waals surface area contributed by atoms with Crippen LogP contribution in [0.1, 0.15) is 11.5 Å². The Kier molecular flexibility index (Phi) is 4.61. The Hall–Kier alpha value is -2.09. The molecule has 0 spiro atoms. The van der Waals surface area contributed by atoms with Crippen molar-refractivity contribution in [1.82, 2.24) is 15.2 Å². The SMILES string of the molecule is Cc1oc(-c2cccs2)nc1CSc1nnc(-c2ccc(Cl)cc2)o1. The number of oxazole rings is 1. The molecule has 0 amide bonds. The molecule has 126 valence electrons. The quantitative estimate of drug-likeness (QED) is 0.407. The predicted molar refractivity (Wildman–Crippen MR) is 98.9 cm³/mol. The summed E-state index contributed by atoms with van der Waals surface area (Å²) in [6.07, 6.45) is 0. The maximum absolute atomic E-state index is 5.89. The van der Waals surface area contributed by atoms with E-state index in [0.29, 0.717) is 27.8 Å². The second-order valence-electron chi connectivity index (χ2n) is 5.17. The highest BCUT2D eigenvalue weighted by Crippen LogP contribution is 2.30. The van der Waals surface area contributed by atoms with Crippen LogP contribution in [-0.4, -0.2) is 15.2 Å². The van der Waals surface area contributed by atoms with Gasteiger partial charge in [-0.2, -0.15) is 0 Å². The van der Waals surface area contributed by atoms with E-state index in [4.69, 9.17) is 20.4 Å². The molecule has 0 aliphatic rings. The van der Waals surface area contributed by atoms with Gasteiger partial charge in [0.25, 0.3) is 5.22 Å². The van der Waals surface area contributed by atoms with Gasteiger partial charge in [-0.15, -0.1) is 21.5 Å². The molecule has 3 heterocycles. The van der Waals surface area contributed by atoms with Gasteiger partial charge in [0.05, 0.1) is 10.6 Å². The van der Waals surface area contributed by atoms with Crippen molar-refractivity contribution in [3.05, 3.63) is 58.3 Å². The van der Waals surface area contributed by atoms with Crippen molar-refractivity contribution in [2.24, 2.45) is 0 Å². The number of benzene rings is 1. The Labute approximate surface area is 157 Å². The maximum Gasteiger partial charge on any atom is 0.277 e. The summed E-state index contributed by atoms with van der Waals surface area (Å²) in [6, 6.07) is 11.2. The molecule has 1 aromatic carbocycles. The van der Waals surface area contributed by atoms with E-state index in [-0.39, 0.29) is 0 Å². The van der Waals surface area contributed by atoms with E-state index in [2.05, 4.69) is 15.2 Å². The summed E-state index contributed by atoms with van der Waals surface area (Å²) < 4.78 is 11.4. The molecule has 0 N–H and O–H groups in total. The minimum absolute atomic E-state index is 0.468. The van der Waals surface area contributed by atoms with Crippen molar-refractivity contribution in [2.75, 3.05) is 0 Å². The number of thiophene rings is 1. The van der Waals surface area contributed by atoms with E-state index in [1.54, 1.807) is 23.5 Å². The van der Waals surface area contributed by atoms with E-state index in [9.17, 15) is 0 Å². The Morgan fingerprint density at radius 1 is 1.08 bits per heavy atom. The maximum atomic E-state index is 5.89. The molecule has 4 rings (SSSR count). The van der Waals surface area contributed by atoms with Crippen LogP contribution in [0, 0.1) is 6.92 Å². The van der Waals surface area contributed by atoms with Crippen molar-refractivity contribution in [3.8, 4) is 22.2 Å². The first-order valence-corrected chi connectivity index (χ1v) is 9.66. The average molecular weight is 390 g/mol. The number of aromatic nitrogens is 3. The average Bonchev–Trinajstić information content (AvgIpc) is 3.35. The van der Waals surface area contributed by atoms with Crippen LogP contribution in [0.25, 0.3) is 22.2 Å². The van der Waals surface area contributed by atoms with Crippen molar-refractivity contribution >= 4 is 34.7 Å². The molecule has 0 aliphatic heterocycles. The molecule has 0 bridgehead atoms. The van der Waals surface area contributed by atoms with Crippen LogP contribution in [0.2, 0.25) is 5.02 Å².